The van der Waals surface area contributed by atoms with Gasteiger partial charge in [-0.15, -0.1) is 0 Å². The van der Waals surface area contributed by atoms with Gasteiger partial charge in [0.25, 0.3) is 5.56 Å². The Bertz CT molecular complexity index is 882. The highest BCUT2D eigenvalue weighted by Gasteiger charge is 2.37. The molecule has 2 heterocycles. The molecule has 0 bridgehead atoms. The molecular weight excluding hydrogens is 303 g/mol. The summed E-state index contributed by atoms with van der Waals surface area (Å²) in [5.74, 6) is 0.239. The van der Waals surface area contributed by atoms with Gasteiger partial charge in [0, 0.05) is 5.56 Å². The maximum Gasteiger partial charge on any atom is 0.435 e. The van der Waals surface area contributed by atoms with Gasteiger partial charge in [0.2, 0.25) is 0 Å². The number of fused-ring (bicyclic) bond motifs is 1. The highest BCUT2D eigenvalue weighted by Crippen LogP contribution is 2.34. The molecule has 1 N–H and O–H groups in total. The van der Waals surface area contributed by atoms with E-state index in [2.05, 4.69) is 14.3 Å². The monoisotopic (exact) mass is 311 g/mol. The number of nitrogens with zero attached hydrogens (tertiary/aromatic N) is 2. The van der Waals surface area contributed by atoms with E-state index in [4.69, 9.17) is 0 Å². The lowest BCUT2D eigenvalue weighted by atomic mass is 10.1. The van der Waals surface area contributed by atoms with Crippen LogP contribution in [-0.4, -0.2) is 14.3 Å². The number of nitrogens with one attached hydrogen (secondary N) is 1. The van der Waals surface area contributed by atoms with Gasteiger partial charge in [-0.25, -0.2) is 4.98 Å². The number of hydrogen-bond donors (Lipinski definition) is 1. The first-order chi connectivity index (χ1) is 9.88. The average molecular weight is 311 g/mol. The molecule has 0 unspecified atom stereocenters. The number of aryl methyl sites for hydroxylation is 1. The molecule has 1 aromatic carbocycles. The molecule has 0 spiro atoms. The van der Waals surface area contributed by atoms with Crippen LogP contribution in [0.25, 0.3) is 21.6 Å². The van der Waals surface area contributed by atoms with Crippen LogP contribution in [0, 0.1) is 6.92 Å². The summed E-state index contributed by atoms with van der Waals surface area (Å²) in [6.45, 7) is 1.83. The topological polar surface area (TPSA) is 58.6 Å². The Labute approximate surface area is 120 Å². The standard InChI is InChI=1S/C13H8F3N3OS/c1-6-4-2-3-5-7(6)10-17-11(20)8-9(13(14,15)16)19-21-12(8)18-10/h2-5H,1H3,(H,17,18,20). The fraction of sp³-hybridized carbons (Fsp3) is 0.154. The predicted octanol–water partition coefficient (Wildman–Crippen LogP) is 3.37. The second-order valence-electron chi connectivity index (χ2n) is 4.44. The first-order valence-corrected chi connectivity index (χ1v) is 6.68. The van der Waals surface area contributed by atoms with Gasteiger partial charge < -0.3 is 4.98 Å². The fourth-order valence-electron chi connectivity index (χ4n) is 2.02. The lowest BCUT2D eigenvalue weighted by Crippen LogP contribution is -2.14. The lowest BCUT2D eigenvalue weighted by molar-refractivity contribution is -0.139. The molecule has 0 amide bonds. The Morgan fingerprint density at radius 1 is 1.24 bits per heavy atom. The smallest absolute Gasteiger partial charge is 0.306 e. The minimum atomic E-state index is -4.67. The van der Waals surface area contributed by atoms with E-state index >= 15 is 0 Å². The number of halogens is 3. The van der Waals surface area contributed by atoms with Crippen molar-refractivity contribution in [2.45, 2.75) is 13.1 Å². The van der Waals surface area contributed by atoms with Gasteiger partial charge in [-0.05, 0) is 24.0 Å². The summed E-state index contributed by atoms with van der Waals surface area (Å²) in [6, 6.07) is 7.16. The Morgan fingerprint density at radius 3 is 2.62 bits per heavy atom. The summed E-state index contributed by atoms with van der Waals surface area (Å²) in [6.07, 6.45) is -4.67. The zero-order valence-electron chi connectivity index (χ0n) is 10.7. The van der Waals surface area contributed by atoms with Crippen LogP contribution >= 0.6 is 11.5 Å². The summed E-state index contributed by atoms with van der Waals surface area (Å²) in [7, 11) is 0. The summed E-state index contributed by atoms with van der Waals surface area (Å²) in [5, 5.41) is -0.509. The van der Waals surface area contributed by atoms with E-state index in [0.29, 0.717) is 17.1 Å². The van der Waals surface area contributed by atoms with Crippen LogP contribution in [0.2, 0.25) is 0 Å². The number of aromatic amines is 1. The molecule has 2 aromatic heterocycles. The van der Waals surface area contributed by atoms with E-state index < -0.39 is 22.8 Å². The van der Waals surface area contributed by atoms with Gasteiger partial charge in [-0.1, -0.05) is 24.3 Å². The SMILES string of the molecule is Cc1ccccc1-c1nc2snc(C(F)(F)F)c2c(=O)[nH]1. The molecule has 0 saturated carbocycles. The molecule has 3 aromatic rings. The van der Waals surface area contributed by atoms with Gasteiger partial charge >= 0.3 is 6.18 Å². The van der Waals surface area contributed by atoms with Crippen LogP contribution in [0.3, 0.4) is 0 Å². The third-order valence-electron chi connectivity index (χ3n) is 3.02. The number of aromatic nitrogens is 3. The van der Waals surface area contributed by atoms with Crippen molar-refractivity contribution in [3.63, 3.8) is 0 Å². The normalized spacial score (nSPS) is 12.0. The van der Waals surface area contributed by atoms with E-state index in [1.165, 1.54) is 0 Å². The van der Waals surface area contributed by atoms with Gasteiger partial charge in [-0.3, -0.25) is 4.79 Å². The molecule has 0 saturated heterocycles. The first kappa shape index (κ1) is 13.7. The van der Waals surface area contributed by atoms with Crippen LogP contribution in [-0.2, 0) is 6.18 Å². The molecule has 0 fully saturated rings. The largest absolute Gasteiger partial charge is 0.435 e. The quantitative estimate of drug-likeness (QED) is 0.749. The molecule has 8 heteroatoms. The number of H-pyrrole nitrogens is 1. The van der Waals surface area contributed by atoms with Crippen LogP contribution < -0.4 is 5.56 Å². The molecule has 0 radical (unpaired) electrons. The summed E-state index contributed by atoms with van der Waals surface area (Å²) in [5.41, 5.74) is -0.495. The van der Waals surface area contributed by atoms with Crippen LogP contribution in [0.1, 0.15) is 11.3 Å². The molecule has 0 aliphatic carbocycles. The maximum atomic E-state index is 12.8. The highest BCUT2D eigenvalue weighted by atomic mass is 32.1. The third kappa shape index (κ3) is 2.31. The van der Waals surface area contributed by atoms with Crippen LogP contribution in [0.5, 0.6) is 0 Å². The van der Waals surface area contributed by atoms with Crippen molar-refractivity contribution in [2.75, 3.05) is 0 Å². The molecule has 3 rings (SSSR count). The zero-order chi connectivity index (χ0) is 15.2. The van der Waals surface area contributed by atoms with Crippen molar-refractivity contribution in [2.24, 2.45) is 0 Å². The zero-order valence-corrected chi connectivity index (χ0v) is 11.5. The Morgan fingerprint density at radius 2 is 1.95 bits per heavy atom. The summed E-state index contributed by atoms with van der Waals surface area (Å²) < 4.78 is 41.7. The van der Waals surface area contributed by atoms with Crippen molar-refractivity contribution in [1.29, 1.82) is 0 Å². The summed E-state index contributed by atoms with van der Waals surface area (Å²) >= 11 is 0.569. The van der Waals surface area contributed by atoms with E-state index in [1.807, 2.05) is 19.1 Å². The number of alkyl halides is 3. The molecule has 108 valence electrons. The van der Waals surface area contributed by atoms with E-state index in [1.54, 1.807) is 12.1 Å². The van der Waals surface area contributed by atoms with Crippen molar-refractivity contribution in [3.8, 4) is 11.4 Å². The molecule has 21 heavy (non-hydrogen) atoms. The van der Waals surface area contributed by atoms with Crippen LogP contribution in [0.15, 0.2) is 29.1 Å². The molecular formula is C13H8F3N3OS. The van der Waals surface area contributed by atoms with Crippen LogP contribution in [0.4, 0.5) is 13.2 Å². The average Bonchev–Trinajstić information content (AvgIpc) is 2.83. The van der Waals surface area contributed by atoms with Crippen molar-refractivity contribution in [1.82, 2.24) is 14.3 Å². The second-order valence-corrected chi connectivity index (χ2v) is 5.19. The predicted molar refractivity (Wildman–Crippen MR) is 73.2 cm³/mol. The van der Waals surface area contributed by atoms with Gasteiger partial charge in [-0.2, -0.15) is 17.5 Å². The Kier molecular flexibility index (Phi) is 3.05. The third-order valence-corrected chi connectivity index (χ3v) is 3.76. The first-order valence-electron chi connectivity index (χ1n) is 5.91. The summed E-state index contributed by atoms with van der Waals surface area (Å²) in [4.78, 5) is 18.5. The maximum absolute atomic E-state index is 12.8. The molecule has 4 nitrogen and oxygen atoms in total. The molecule has 0 aliphatic rings. The van der Waals surface area contributed by atoms with Crippen molar-refractivity contribution in [3.05, 3.63) is 45.9 Å². The van der Waals surface area contributed by atoms with E-state index in [9.17, 15) is 18.0 Å². The van der Waals surface area contributed by atoms with E-state index in [0.717, 1.165) is 5.56 Å². The number of benzene rings is 1. The number of rotatable bonds is 1. The van der Waals surface area contributed by atoms with Gasteiger partial charge in [0.15, 0.2) is 10.5 Å². The molecule has 0 atom stereocenters. The van der Waals surface area contributed by atoms with Crippen molar-refractivity contribution < 1.29 is 13.2 Å². The fourth-order valence-corrected chi connectivity index (χ4v) is 2.81. The lowest BCUT2D eigenvalue weighted by Gasteiger charge is -2.05. The minimum absolute atomic E-state index is 0.0238. The molecule has 0 aliphatic heterocycles. The minimum Gasteiger partial charge on any atom is -0.306 e. The van der Waals surface area contributed by atoms with Crippen molar-refractivity contribution >= 4 is 21.7 Å². The van der Waals surface area contributed by atoms with E-state index in [-0.39, 0.29) is 10.7 Å². The Hall–Kier alpha value is -2.22. The Balaban J connectivity index is 2.28. The second kappa shape index (κ2) is 4.66. The highest BCUT2D eigenvalue weighted by molar-refractivity contribution is 7.12. The number of hydrogen-bond acceptors (Lipinski definition) is 4. The van der Waals surface area contributed by atoms with Gasteiger partial charge in [0.1, 0.15) is 11.2 Å². The van der Waals surface area contributed by atoms with Gasteiger partial charge in [0.05, 0.1) is 0 Å².